The first kappa shape index (κ1) is 13.1. The molecule has 82 valence electrons. The Bertz CT molecular complexity index is 175. The zero-order valence-corrected chi connectivity index (χ0v) is 9.17. The molecule has 0 aliphatic heterocycles. The number of unbranched alkanes of at least 4 members (excludes halogenated alkanes) is 1. The van der Waals surface area contributed by atoms with E-state index in [1.165, 1.54) is 0 Å². The number of esters is 1. The van der Waals surface area contributed by atoms with Gasteiger partial charge in [0, 0.05) is 19.3 Å². The third-order valence-electron chi connectivity index (χ3n) is 1.99. The number of ketones is 1. The van der Waals surface area contributed by atoms with Crippen molar-refractivity contribution in [3.05, 3.63) is 0 Å². The lowest BCUT2D eigenvalue weighted by Gasteiger charge is -2.02. The lowest BCUT2D eigenvalue weighted by molar-refractivity contribution is -0.143. The summed E-state index contributed by atoms with van der Waals surface area (Å²) in [6, 6.07) is 0. The minimum absolute atomic E-state index is 0.178. The average molecular weight is 200 g/mol. The van der Waals surface area contributed by atoms with Crippen molar-refractivity contribution in [2.75, 3.05) is 6.61 Å². The van der Waals surface area contributed by atoms with E-state index >= 15 is 0 Å². The molecule has 0 atom stereocenters. The molecule has 0 radical (unpaired) electrons. The van der Waals surface area contributed by atoms with E-state index in [0.29, 0.717) is 32.3 Å². The highest BCUT2D eigenvalue weighted by Gasteiger charge is 2.04. The number of carbonyl (C=O) groups excluding carboxylic acids is 2. The Morgan fingerprint density at radius 2 is 1.79 bits per heavy atom. The molecule has 3 heteroatoms. The molecular formula is C11H20O3. The number of rotatable bonds is 8. The van der Waals surface area contributed by atoms with Crippen LogP contribution in [0.25, 0.3) is 0 Å². The van der Waals surface area contributed by atoms with Gasteiger partial charge in [0.25, 0.3) is 0 Å². The third-order valence-corrected chi connectivity index (χ3v) is 1.99. The molecule has 0 bridgehead atoms. The molecule has 0 aliphatic carbocycles. The third kappa shape index (κ3) is 7.77. The van der Waals surface area contributed by atoms with E-state index in [-0.39, 0.29) is 11.8 Å². The molecule has 0 fully saturated rings. The molecule has 14 heavy (non-hydrogen) atoms. The molecule has 0 spiro atoms. The zero-order valence-electron chi connectivity index (χ0n) is 9.17. The van der Waals surface area contributed by atoms with E-state index in [4.69, 9.17) is 4.74 Å². The summed E-state index contributed by atoms with van der Waals surface area (Å²) in [5.74, 6) is 0.0358. The van der Waals surface area contributed by atoms with Gasteiger partial charge in [0.2, 0.25) is 0 Å². The van der Waals surface area contributed by atoms with E-state index in [2.05, 4.69) is 0 Å². The second kappa shape index (κ2) is 8.73. The highest BCUT2D eigenvalue weighted by atomic mass is 16.5. The van der Waals surface area contributed by atoms with E-state index in [1.807, 2.05) is 13.8 Å². The maximum atomic E-state index is 11.1. The lowest BCUT2D eigenvalue weighted by atomic mass is 10.1. The van der Waals surface area contributed by atoms with E-state index < -0.39 is 0 Å². The normalized spacial score (nSPS) is 9.86. The SMILES string of the molecule is CCCCOC(=O)CCCC(=O)CC. The second-order valence-corrected chi connectivity index (χ2v) is 3.32. The number of Topliss-reactive ketones (excluding diaryl/α,β-unsaturated/α-hetero) is 1. The summed E-state index contributed by atoms with van der Waals surface area (Å²) in [4.78, 5) is 22.0. The summed E-state index contributed by atoms with van der Waals surface area (Å²) in [5, 5.41) is 0. The van der Waals surface area contributed by atoms with Crippen molar-refractivity contribution < 1.29 is 14.3 Å². The number of carbonyl (C=O) groups is 2. The molecule has 0 rings (SSSR count). The van der Waals surface area contributed by atoms with Crippen molar-refractivity contribution in [3.63, 3.8) is 0 Å². The molecule has 0 unspecified atom stereocenters. The van der Waals surface area contributed by atoms with Gasteiger partial charge in [-0.3, -0.25) is 9.59 Å². The van der Waals surface area contributed by atoms with Crippen molar-refractivity contribution in [1.82, 2.24) is 0 Å². The lowest BCUT2D eigenvalue weighted by Crippen LogP contribution is -2.06. The van der Waals surface area contributed by atoms with Gasteiger partial charge in [-0.1, -0.05) is 20.3 Å². The number of ether oxygens (including phenoxy) is 1. The predicted octanol–water partition coefficient (Wildman–Crippen LogP) is 2.48. The minimum atomic E-state index is -0.178. The van der Waals surface area contributed by atoms with Gasteiger partial charge in [0.05, 0.1) is 6.61 Å². The molecule has 0 N–H and O–H groups in total. The fourth-order valence-electron chi connectivity index (χ4n) is 1.01. The maximum absolute atomic E-state index is 11.1. The molecule has 0 aromatic rings. The highest BCUT2D eigenvalue weighted by molar-refractivity contribution is 5.78. The summed E-state index contributed by atoms with van der Waals surface area (Å²) in [6.45, 7) is 4.40. The van der Waals surface area contributed by atoms with Gasteiger partial charge >= 0.3 is 5.97 Å². The Labute approximate surface area is 85.8 Å². The van der Waals surface area contributed by atoms with Crippen molar-refractivity contribution in [1.29, 1.82) is 0 Å². The zero-order chi connectivity index (χ0) is 10.8. The Kier molecular flexibility index (Phi) is 8.19. The van der Waals surface area contributed by atoms with Crippen LogP contribution < -0.4 is 0 Å². The summed E-state index contributed by atoms with van der Waals surface area (Å²) >= 11 is 0. The van der Waals surface area contributed by atoms with Gasteiger partial charge in [0.1, 0.15) is 5.78 Å². The Morgan fingerprint density at radius 1 is 1.07 bits per heavy atom. The van der Waals surface area contributed by atoms with E-state index in [1.54, 1.807) is 0 Å². The Balaban J connectivity index is 3.31. The van der Waals surface area contributed by atoms with Crippen molar-refractivity contribution in [3.8, 4) is 0 Å². The smallest absolute Gasteiger partial charge is 0.305 e. The van der Waals surface area contributed by atoms with Gasteiger partial charge in [-0.15, -0.1) is 0 Å². The van der Waals surface area contributed by atoms with E-state index in [0.717, 1.165) is 12.8 Å². The molecule has 0 saturated carbocycles. The fraction of sp³-hybridized carbons (Fsp3) is 0.818. The molecule has 0 amide bonds. The minimum Gasteiger partial charge on any atom is -0.466 e. The maximum Gasteiger partial charge on any atom is 0.305 e. The predicted molar refractivity (Wildman–Crippen MR) is 55.0 cm³/mol. The van der Waals surface area contributed by atoms with Crippen molar-refractivity contribution >= 4 is 11.8 Å². The van der Waals surface area contributed by atoms with Crippen LogP contribution in [-0.2, 0) is 14.3 Å². The van der Waals surface area contributed by atoms with Crippen LogP contribution in [0.3, 0.4) is 0 Å². The largest absolute Gasteiger partial charge is 0.466 e. The van der Waals surface area contributed by atoms with Crippen LogP contribution in [0.4, 0.5) is 0 Å². The quantitative estimate of drug-likeness (QED) is 0.446. The molecule has 0 heterocycles. The van der Waals surface area contributed by atoms with Crippen molar-refractivity contribution in [2.24, 2.45) is 0 Å². The van der Waals surface area contributed by atoms with Crippen LogP contribution in [0, 0.1) is 0 Å². The van der Waals surface area contributed by atoms with Crippen LogP contribution in [0.2, 0.25) is 0 Å². The average Bonchev–Trinajstić information content (AvgIpc) is 2.18. The van der Waals surface area contributed by atoms with Gasteiger partial charge in [-0.05, 0) is 12.8 Å². The first-order valence-electron chi connectivity index (χ1n) is 5.38. The summed E-state index contributed by atoms with van der Waals surface area (Å²) in [7, 11) is 0. The summed E-state index contributed by atoms with van der Waals surface area (Å²) < 4.78 is 4.95. The van der Waals surface area contributed by atoms with Crippen LogP contribution in [0.1, 0.15) is 52.4 Å². The molecule has 0 aromatic heterocycles. The molecule has 0 aliphatic rings. The molecule has 3 nitrogen and oxygen atoms in total. The number of hydrogen-bond donors (Lipinski definition) is 0. The standard InChI is InChI=1S/C11H20O3/c1-3-5-9-14-11(13)8-6-7-10(12)4-2/h3-9H2,1-2H3. The Morgan fingerprint density at radius 3 is 2.36 bits per heavy atom. The van der Waals surface area contributed by atoms with Crippen LogP contribution >= 0.6 is 0 Å². The molecule has 0 aromatic carbocycles. The monoisotopic (exact) mass is 200 g/mol. The first-order valence-corrected chi connectivity index (χ1v) is 5.38. The van der Waals surface area contributed by atoms with Gasteiger partial charge < -0.3 is 4.74 Å². The van der Waals surface area contributed by atoms with Gasteiger partial charge in [-0.2, -0.15) is 0 Å². The van der Waals surface area contributed by atoms with Gasteiger partial charge in [0.15, 0.2) is 0 Å². The topological polar surface area (TPSA) is 43.4 Å². The molecule has 0 saturated heterocycles. The van der Waals surface area contributed by atoms with Crippen LogP contribution in [-0.4, -0.2) is 18.4 Å². The van der Waals surface area contributed by atoms with Gasteiger partial charge in [-0.25, -0.2) is 0 Å². The summed E-state index contributed by atoms with van der Waals surface area (Å²) in [5.41, 5.74) is 0. The highest BCUT2D eigenvalue weighted by Crippen LogP contribution is 2.01. The van der Waals surface area contributed by atoms with Crippen LogP contribution in [0.15, 0.2) is 0 Å². The number of hydrogen-bond acceptors (Lipinski definition) is 3. The van der Waals surface area contributed by atoms with Crippen molar-refractivity contribution in [2.45, 2.75) is 52.4 Å². The van der Waals surface area contributed by atoms with Crippen LogP contribution in [0.5, 0.6) is 0 Å². The Hall–Kier alpha value is -0.860. The first-order chi connectivity index (χ1) is 6.70. The fourth-order valence-corrected chi connectivity index (χ4v) is 1.01. The summed E-state index contributed by atoms with van der Waals surface area (Å²) in [6.07, 6.45) is 4.00. The van der Waals surface area contributed by atoms with E-state index in [9.17, 15) is 9.59 Å². The second-order valence-electron chi connectivity index (χ2n) is 3.32. The molecular weight excluding hydrogens is 180 g/mol.